The fraction of sp³-hybridized carbons (Fsp3) is 0.0833. The second-order valence-corrected chi connectivity index (χ2v) is 3.74. The molecular formula is C12H10N2O4. The van der Waals surface area contributed by atoms with Gasteiger partial charge < -0.3 is 15.5 Å². The Hall–Kier alpha value is -2.63. The smallest absolute Gasteiger partial charge is 0.345 e. The van der Waals surface area contributed by atoms with Gasteiger partial charge >= 0.3 is 11.9 Å². The maximum Gasteiger partial charge on any atom is 0.345 e. The molecule has 0 amide bonds. The lowest BCUT2D eigenvalue weighted by Gasteiger charge is -2.25. The van der Waals surface area contributed by atoms with Crippen LogP contribution in [-0.2, 0) is 9.59 Å². The third-order valence-corrected chi connectivity index (χ3v) is 2.64. The minimum atomic E-state index is -2.11. The van der Waals surface area contributed by atoms with E-state index in [1.807, 2.05) is 0 Å². The highest BCUT2D eigenvalue weighted by Gasteiger charge is 2.44. The first-order valence-electron chi connectivity index (χ1n) is 5.10. The molecule has 0 spiro atoms. The van der Waals surface area contributed by atoms with E-state index in [1.54, 1.807) is 24.5 Å². The summed E-state index contributed by atoms with van der Waals surface area (Å²) in [7, 11) is 0. The Balaban J connectivity index is 2.31. The Morgan fingerprint density at radius 3 is 2.44 bits per heavy atom. The van der Waals surface area contributed by atoms with E-state index in [-0.39, 0.29) is 0 Å². The van der Waals surface area contributed by atoms with E-state index >= 15 is 0 Å². The van der Waals surface area contributed by atoms with Gasteiger partial charge in [0.2, 0.25) is 0 Å². The van der Waals surface area contributed by atoms with Crippen molar-refractivity contribution in [1.29, 1.82) is 0 Å². The number of allylic oxidation sites excluding steroid dienone is 2. The number of aromatic nitrogens is 1. The van der Waals surface area contributed by atoms with Gasteiger partial charge in [0.15, 0.2) is 0 Å². The predicted molar refractivity (Wildman–Crippen MR) is 62.5 cm³/mol. The number of carbonyl (C=O) groups is 2. The summed E-state index contributed by atoms with van der Waals surface area (Å²) in [5.74, 6) is -2.93. The number of nitrogens with zero attached hydrogens (tertiary/aromatic N) is 1. The van der Waals surface area contributed by atoms with Crippen molar-refractivity contribution < 1.29 is 19.8 Å². The number of rotatable bonds is 3. The Labute approximate surface area is 102 Å². The van der Waals surface area contributed by atoms with Gasteiger partial charge in [-0.3, -0.25) is 4.98 Å². The van der Waals surface area contributed by atoms with E-state index in [2.05, 4.69) is 10.3 Å². The molecule has 6 nitrogen and oxygen atoms in total. The average molecular weight is 246 g/mol. The van der Waals surface area contributed by atoms with Crippen LogP contribution in [0, 0.1) is 0 Å². The number of nitrogens with one attached hydrogen (secondary N) is 1. The van der Waals surface area contributed by atoms with Crippen molar-refractivity contribution in [3.63, 3.8) is 0 Å². The molecule has 2 heterocycles. The van der Waals surface area contributed by atoms with Crippen molar-refractivity contribution in [3.8, 4) is 0 Å². The standard InChI is InChI=1S/C12H10N2O4/c15-10(16)12(11(17)18)4-3-9(7-14-12)8-2-1-5-13-6-8/h1-7,14H,(H,15,16)(H,17,18). The summed E-state index contributed by atoms with van der Waals surface area (Å²) in [4.78, 5) is 26.0. The van der Waals surface area contributed by atoms with Crippen LogP contribution in [-0.4, -0.2) is 32.7 Å². The van der Waals surface area contributed by atoms with Crippen molar-refractivity contribution in [2.45, 2.75) is 5.54 Å². The normalized spacial score (nSPS) is 16.6. The summed E-state index contributed by atoms with van der Waals surface area (Å²) in [6, 6.07) is 3.53. The van der Waals surface area contributed by atoms with Crippen LogP contribution in [0.3, 0.4) is 0 Å². The molecule has 0 fully saturated rings. The van der Waals surface area contributed by atoms with Crippen molar-refractivity contribution in [3.05, 3.63) is 48.4 Å². The zero-order valence-corrected chi connectivity index (χ0v) is 9.20. The number of carboxylic acid groups (broad SMARTS) is 2. The number of carboxylic acids is 2. The first-order valence-corrected chi connectivity index (χ1v) is 5.10. The molecule has 0 atom stereocenters. The third-order valence-electron chi connectivity index (χ3n) is 2.64. The lowest BCUT2D eigenvalue weighted by molar-refractivity contribution is -0.155. The van der Waals surface area contributed by atoms with Crippen molar-refractivity contribution >= 4 is 17.5 Å². The minimum Gasteiger partial charge on any atom is -0.479 e. The summed E-state index contributed by atoms with van der Waals surface area (Å²) < 4.78 is 0. The van der Waals surface area contributed by atoms with E-state index in [0.29, 0.717) is 5.57 Å². The molecule has 0 aliphatic carbocycles. The number of pyridine rings is 1. The summed E-state index contributed by atoms with van der Waals surface area (Å²) >= 11 is 0. The van der Waals surface area contributed by atoms with Crippen LogP contribution >= 0.6 is 0 Å². The van der Waals surface area contributed by atoms with Gasteiger partial charge in [-0.15, -0.1) is 0 Å². The molecule has 0 aromatic carbocycles. The van der Waals surface area contributed by atoms with E-state index in [9.17, 15) is 9.59 Å². The number of aliphatic carboxylic acids is 2. The Morgan fingerprint density at radius 2 is 2.00 bits per heavy atom. The molecule has 3 N–H and O–H groups in total. The largest absolute Gasteiger partial charge is 0.479 e. The van der Waals surface area contributed by atoms with Gasteiger partial charge in [0.25, 0.3) is 5.54 Å². The zero-order chi connectivity index (χ0) is 13.2. The summed E-state index contributed by atoms with van der Waals surface area (Å²) in [5, 5.41) is 20.4. The number of hydrogen-bond donors (Lipinski definition) is 3. The summed E-state index contributed by atoms with van der Waals surface area (Å²) in [6.07, 6.45) is 7.14. The third kappa shape index (κ3) is 1.84. The SMILES string of the molecule is O=C(O)C1(C(=O)O)C=CC(c2cccnc2)=CN1. The molecule has 92 valence electrons. The minimum absolute atomic E-state index is 0.668. The second kappa shape index (κ2) is 4.33. The van der Waals surface area contributed by atoms with Gasteiger partial charge in [-0.1, -0.05) is 12.1 Å². The lowest BCUT2D eigenvalue weighted by atomic mass is 9.94. The summed E-state index contributed by atoms with van der Waals surface area (Å²) in [6.45, 7) is 0. The van der Waals surface area contributed by atoms with E-state index < -0.39 is 17.5 Å². The van der Waals surface area contributed by atoms with Gasteiger partial charge in [0, 0.05) is 24.2 Å². The molecule has 0 unspecified atom stereocenters. The maximum atomic E-state index is 11.0. The van der Waals surface area contributed by atoms with Crippen LogP contribution in [0.25, 0.3) is 5.57 Å². The lowest BCUT2D eigenvalue weighted by Crippen LogP contribution is -2.55. The van der Waals surface area contributed by atoms with Gasteiger partial charge in [0.1, 0.15) is 0 Å². The first-order chi connectivity index (χ1) is 8.56. The van der Waals surface area contributed by atoms with Crippen LogP contribution < -0.4 is 5.32 Å². The number of dihydropyridines is 1. The highest BCUT2D eigenvalue weighted by Crippen LogP contribution is 2.22. The molecule has 2 rings (SSSR count). The van der Waals surface area contributed by atoms with Gasteiger partial charge in [-0.25, -0.2) is 9.59 Å². The highest BCUT2D eigenvalue weighted by molar-refractivity contribution is 6.07. The predicted octanol–water partition coefficient (Wildman–Crippen LogP) is 0.490. The average Bonchev–Trinajstić information content (AvgIpc) is 2.39. The zero-order valence-electron chi connectivity index (χ0n) is 9.20. The van der Waals surface area contributed by atoms with Crippen LogP contribution in [0.15, 0.2) is 42.9 Å². The molecule has 1 aromatic rings. The fourth-order valence-electron chi connectivity index (χ4n) is 1.57. The van der Waals surface area contributed by atoms with E-state index in [4.69, 9.17) is 10.2 Å². The maximum absolute atomic E-state index is 11.0. The van der Waals surface area contributed by atoms with Gasteiger partial charge in [-0.05, 0) is 17.7 Å². The topological polar surface area (TPSA) is 99.5 Å². The monoisotopic (exact) mass is 246 g/mol. The van der Waals surface area contributed by atoms with Crippen LogP contribution in [0.2, 0.25) is 0 Å². The molecule has 0 bridgehead atoms. The summed E-state index contributed by atoms with van der Waals surface area (Å²) in [5.41, 5.74) is -0.669. The quantitative estimate of drug-likeness (QED) is 0.671. The fourth-order valence-corrected chi connectivity index (χ4v) is 1.57. The molecule has 1 aromatic heterocycles. The molecular weight excluding hydrogens is 236 g/mol. The van der Waals surface area contributed by atoms with Gasteiger partial charge in [0.05, 0.1) is 0 Å². The Bertz CT molecular complexity index is 534. The molecule has 0 saturated carbocycles. The first kappa shape index (κ1) is 11.8. The Morgan fingerprint density at radius 1 is 1.28 bits per heavy atom. The molecule has 1 aliphatic rings. The molecule has 1 aliphatic heterocycles. The number of hydrogen-bond acceptors (Lipinski definition) is 4. The second-order valence-electron chi connectivity index (χ2n) is 3.74. The van der Waals surface area contributed by atoms with E-state index in [1.165, 1.54) is 12.3 Å². The van der Waals surface area contributed by atoms with Crippen molar-refractivity contribution in [2.75, 3.05) is 0 Å². The van der Waals surface area contributed by atoms with Crippen molar-refractivity contribution in [1.82, 2.24) is 10.3 Å². The molecule has 6 heteroatoms. The van der Waals surface area contributed by atoms with Gasteiger partial charge in [-0.2, -0.15) is 0 Å². The molecule has 0 radical (unpaired) electrons. The highest BCUT2D eigenvalue weighted by atomic mass is 16.4. The van der Waals surface area contributed by atoms with Crippen molar-refractivity contribution in [2.24, 2.45) is 0 Å². The van der Waals surface area contributed by atoms with Crippen LogP contribution in [0.4, 0.5) is 0 Å². The van der Waals surface area contributed by atoms with Crippen LogP contribution in [0.1, 0.15) is 5.56 Å². The Kier molecular flexibility index (Phi) is 2.85. The molecule has 18 heavy (non-hydrogen) atoms. The van der Waals surface area contributed by atoms with Crippen LogP contribution in [0.5, 0.6) is 0 Å². The van der Waals surface area contributed by atoms with E-state index in [0.717, 1.165) is 11.6 Å². The molecule has 0 saturated heterocycles.